The molecular formula is C12H19N5O. The van der Waals surface area contributed by atoms with E-state index in [9.17, 15) is 4.79 Å². The summed E-state index contributed by atoms with van der Waals surface area (Å²) < 4.78 is 0. The summed E-state index contributed by atoms with van der Waals surface area (Å²) in [5, 5.41) is 11.3. The molecule has 1 saturated heterocycles. The van der Waals surface area contributed by atoms with Crippen molar-refractivity contribution in [3.05, 3.63) is 17.8 Å². The summed E-state index contributed by atoms with van der Waals surface area (Å²) >= 11 is 0. The first kappa shape index (κ1) is 12.8. The molecule has 0 spiro atoms. The first-order chi connectivity index (χ1) is 8.59. The van der Waals surface area contributed by atoms with Crippen molar-refractivity contribution in [3.63, 3.8) is 0 Å². The van der Waals surface area contributed by atoms with Crippen molar-refractivity contribution in [1.82, 2.24) is 20.4 Å². The zero-order chi connectivity index (χ0) is 13.1. The highest BCUT2D eigenvalue weighted by Gasteiger charge is 2.25. The Balaban J connectivity index is 2.13. The fourth-order valence-electron chi connectivity index (χ4n) is 1.97. The normalized spacial score (nSPS) is 19.7. The van der Waals surface area contributed by atoms with Gasteiger partial charge in [0.05, 0.1) is 0 Å². The van der Waals surface area contributed by atoms with E-state index < -0.39 is 0 Å². The lowest BCUT2D eigenvalue weighted by Gasteiger charge is -2.33. The van der Waals surface area contributed by atoms with Gasteiger partial charge in [-0.3, -0.25) is 4.79 Å². The summed E-state index contributed by atoms with van der Waals surface area (Å²) in [6.45, 7) is 4.41. The van der Waals surface area contributed by atoms with E-state index in [-0.39, 0.29) is 11.9 Å². The molecule has 6 nitrogen and oxygen atoms in total. The number of nitrogens with zero attached hydrogens (tertiary/aromatic N) is 4. The number of anilines is 1. The van der Waals surface area contributed by atoms with Gasteiger partial charge in [-0.2, -0.15) is 0 Å². The molecule has 1 aromatic heterocycles. The Morgan fingerprint density at radius 1 is 1.44 bits per heavy atom. The summed E-state index contributed by atoms with van der Waals surface area (Å²) in [5.41, 5.74) is 0.411. The number of aromatic nitrogens is 2. The molecule has 0 bridgehead atoms. The largest absolute Gasteiger partial charge is 0.361 e. The van der Waals surface area contributed by atoms with Crippen molar-refractivity contribution in [1.29, 1.82) is 0 Å². The van der Waals surface area contributed by atoms with Crippen molar-refractivity contribution in [3.8, 4) is 0 Å². The summed E-state index contributed by atoms with van der Waals surface area (Å²) in [5.74, 6) is 0.710. The van der Waals surface area contributed by atoms with Crippen LogP contribution in [0.4, 0.5) is 5.82 Å². The van der Waals surface area contributed by atoms with Crippen molar-refractivity contribution < 1.29 is 4.79 Å². The van der Waals surface area contributed by atoms with Crippen LogP contribution >= 0.6 is 0 Å². The third kappa shape index (κ3) is 2.59. The van der Waals surface area contributed by atoms with E-state index in [0.29, 0.717) is 5.69 Å². The van der Waals surface area contributed by atoms with Gasteiger partial charge >= 0.3 is 0 Å². The number of hydrogen-bond acceptors (Lipinski definition) is 5. The predicted octanol–water partition coefficient (Wildman–Crippen LogP) is -0.0235. The lowest BCUT2D eigenvalue weighted by Crippen LogP contribution is -2.52. The zero-order valence-corrected chi connectivity index (χ0v) is 11.1. The molecule has 2 heterocycles. The molecule has 1 aliphatic rings. The molecule has 0 aliphatic carbocycles. The minimum Gasteiger partial charge on any atom is -0.361 e. The number of hydrogen-bond donors (Lipinski definition) is 1. The maximum atomic E-state index is 12.3. The Labute approximate surface area is 107 Å². The third-order valence-corrected chi connectivity index (χ3v) is 3.09. The average Bonchev–Trinajstić information content (AvgIpc) is 2.38. The third-order valence-electron chi connectivity index (χ3n) is 3.09. The van der Waals surface area contributed by atoms with Gasteiger partial charge in [-0.05, 0) is 19.1 Å². The van der Waals surface area contributed by atoms with Crippen LogP contribution in [0.15, 0.2) is 12.1 Å². The van der Waals surface area contributed by atoms with Crippen LogP contribution in [0.2, 0.25) is 0 Å². The van der Waals surface area contributed by atoms with Crippen LogP contribution in [0.5, 0.6) is 0 Å². The molecule has 2 rings (SSSR count). The number of rotatable bonds is 2. The SMILES string of the molecule is C[C@@H]1CNCCN1C(=O)c1ccc(N(C)C)nn1. The number of carbonyl (C=O) groups is 1. The van der Waals surface area contributed by atoms with Gasteiger partial charge in [0.25, 0.3) is 5.91 Å². The molecule has 0 saturated carbocycles. The van der Waals surface area contributed by atoms with Gasteiger partial charge in [0.1, 0.15) is 0 Å². The first-order valence-corrected chi connectivity index (χ1v) is 6.12. The highest BCUT2D eigenvalue weighted by atomic mass is 16.2. The van der Waals surface area contributed by atoms with Crippen LogP contribution in [0.3, 0.4) is 0 Å². The van der Waals surface area contributed by atoms with Gasteiger partial charge in [-0.1, -0.05) is 0 Å². The lowest BCUT2D eigenvalue weighted by atomic mass is 10.2. The van der Waals surface area contributed by atoms with Crippen LogP contribution in [0.1, 0.15) is 17.4 Å². The lowest BCUT2D eigenvalue weighted by molar-refractivity contribution is 0.0648. The molecule has 1 N–H and O–H groups in total. The monoisotopic (exact) mass is 249 g/mol. The molecule has 0 aromatic carbocycles. The summed E-state index contributed by atoms with van der Waals surface area (Å²) in [7, 11) is 3.79. The van der Waals surface area contributed by atoms with Crippen LogP contribution < -0.4 is 10.2 Å². The molecular weight excluding hydrogens is 230 g/mol. The highest BCUT2D eigenvalue weighted by Crippen LogP contribution is 2.10. The van der Waals surface area contributed by atoms with E-state index in [1.54, 1.807) is 6.07 Å². The van der Waals surface area contributed by atoms with Crippen molar-refractivity contribution in [2.75, 3.05) is 38.6 Å². The van der Waals surface area contributed by atoms with E-state index in [1.165, 1.54) is 0 Å². The Morgan fingerprint density at radius 2 is 2.22 bits per heavy atom. The fourth-order valence-corrected chi connectivity index (χ4v) is 1.97. The molecule has 0 radical (unpaired) electrons. The number of nitrogens with one attached hydrogen (secondary N) is 1. The summed E-state index contributed by atoms with van der Waals surface area (Å²) in [4.78, 5) is 16.0. The van der Waals surface area contributed by atoms with E-state index in [1.807, 2.05) is 36.9 Å². The standard InChI is InChI=1S/C12H19N5O/c1-9-8-13-6-7-17(9)12(18)10-4-5-11(15-14-10)16(2)3/h4-5,9,13H,6-8H2,1-3H3/t9-/m1/s1. The average molecular weight is 249 g/mol. The van der Waals surface area contributed by atoms with Gasteiger partial charge < -0.3 is 15.1 Å². The highest BCUT2D eigenvalue weighted by molar-refractivity contribution is 5.92. The molecule has 0 unspecified atom stereocenters. The Bertz CT molecular complexity index is 417. The van der Waals surface area contributed by atoms with Crippen molar-refractivity contribution in [2.24, 2.45) is 0 Å². The van der Waals surface area contributed by atoms with E-state index >= 15 is 0 Å². The first-order valence-electron chi connectivity index (χ1n) is 6.12. The molecule has 98 valence electrons. The Hall–Kier alpha value is -1.69. The van der Waals surface area contributed by atoms with Crippen LogP contribution in [-0.4, -0.2) is 60.8 Å². The van der Waals surface area contributed by atoms with Crippen LogP contribution in [0, 0.1) is 0 Å². The number of piperazine rings is 1. The molecule has 1 amide bonds. The molecule has 1 aliphatic heterocycles. The number of amides is 1. The van der Waals surface area contributed by atoms with E-state index in [2.05, 4.69) is 15.5 Å². The quantitative estimate of drug-likeness (QED) is 0.798. The Morgan fingerprint density at radius 3 is 2.78 bits per heavy atom. The van der Waals surface area contributed by atoms with Crippen LogP contribution in [-0.2, 0) is 0 Å². The van der Waals surface area contributed by atoms with Gasteiger partial charge in [0, 0.05) is 39.8 Å². The maximum Gasteiger partial charge on any atom is 0.274 e. The predicted molar refractivity (Wildman–Crippen MR) is 69.7 cm³/mol. The van der Waals surface area contributed by atoms with Crippen LogP contribution in [0.25, 0.3) is 0 Å². The minimum atomic E-state index is -0.0400. The minimum absolute atomic E-state index is 0.0400. The smallest absolute Gasteiger partial charge is 0.274 e. The fraction of sp³-hybridized carbons (Fsp3) is 0.583. The topological polar surface area (TPSA) is 61.4 Å². The van der Waals surface area contributed by atoms with E-state index in [4.69, 9.17) is 0 Å². The Kier molecular flexibility index (Phi) is 3.76. The molecule has 6 heteroatoms. The molecule has 1 atom stereocenters. The van der Waals surface area contributed by atoms with Crippen molar-refractivity contribution >= 4 is 11.7 Å². The second kappa shape index (κ2) is 5.30. The second-order valence-corrected chi connectivity index (χ2v) is 4.72. The van der Waals surface area contributed by atoms with Gasteiger partial charge in [0.2, 0.25) is 0 Å². The number of carbonyl (C=O) groups excluding carboxylic acids is 1. The van der Waals surface area contributed by atoms with Gasteiger partial charge in [0.15, 0.2) is 11.5 Å². The molecule has 1 fully saturated rings. The summed E-state index contributed by atoms with van der Waals surface area (Å²) in [6, 6.07) is 3.74. The van der Waals surface area contributed by atoms with Gasteiger partial charge in [-0.25, -0.2) is 0 Å². The molecule has 18 heavy (non-hydrogen) atoms. The van der Waals surface area contributed by atoms with E-state index in [0.717, 1.165) is 25.5 Å². The maximum absolute atomic E-state index is 12.3. The molecule has 1 aromatic rings. The second-order valence-electron chi connectivity index (χ2n) is 4.72. The van der Waals surface area contributed by atoms with Crippen molar-refractivity contribution in [2.45, 2.75) is 13.0 Å². The zero-order valence-electron chi connectivity index (χ0n) is 11.1. The van der Waals surface area contributed by atoms with Gasteiger partial charge in [-0.15, -0.1) is 10.2 Å². The summed E-state index contributed by atoms with van der Waals surface area (Å²) in [6.07, 6.45) is 0.